The minimum absolute atomic E-state index is 0.436. The van der Waals surface area contributed by atoms with Gasteiger partial charge in [0.15, 0.2) is 17.7 Å². The van der Waals surface area contributed by atoms with Crippen molar-refractivity contribution in [3.63, 3.8) is 0 Å². The lowest BCUT2D eigenvalue weighted by atomic mass is 10.2. The third-order valence-electron chi connectivity index (χ3n) is 2.68. The third-order valence-corrected chi connectivity index (χ3v) is 2.68. The Labute approximate surface area is 98.2 Å². The maximum absolute atomic E-state index is 13.0. The molecule has 0 aromatic heterocycles. The zero-order valence-corrected chi connectivity index (χ0v) is 9.20. The highest BCUT2D eigenvalue weighted by Crippen LogP contribution is 2.13. The number of nitrogens with zero attached hydrogens (tertiary/aromatic N) is 2. The lowest BCUT2D eigenvalue weighted by Gasteiger charge is -2.29. The van der Waals surface area contributed by atoms with E-state index in [2.05, 4.69) is 0 Å². The lowest BCUT2D eigenvalue weighted by Crippen LogP contribution is -2.41. The average Bonchev–Trinajstić information content (AvgIpc) is 2.34. The molecule has 3 nitrogen and oxygen atoms in total. The van der Waals surface area contributed by atoms with Gasteiger partial charge in [0.05, 0.1) is 12.7 Å². The summed E-state index contributed by atoms with van der Waals surface area (Å²) in [5.41, 5.74) is 0.697. The van der Waals surface area contributed by atoms with Gasteiger partial charge in [-0.25, -0.2) is 8.78 Å². The van der Waals surface area contributed by atoms with E-state index in [9.17, 15) is 8.78 Å². The minimum Gasteiger partial charge on any atom is -0.361 e. The van der Waals surface area contributed by atoms with Crippen molar-refractivity contribution in [1.82, 2.24) is 4.90 Å². The van der Waals surface area contributed by atoms with Crippen LogP contribution in [-0.2, 0) is 11.3 Å². The molecule has 0 aliphatic carbocycles. The van der Waals surface area contributed by atoms with Crippen LogP contribution in [0, 0.1) is 23.0 Å². The number of ether oxygens (including phenoxy) is 1. The second-order valence-electron chi connectivity index (χ2n) is 3.97. The number of morpholine rings is 1. The lowest BCUT2D eigenvalue weighted by molar-refractivity contribution is -0.00272. The highest BCUT2D eigenvalue weighted by atomic mass is 19.2. The maximum atomic E-state index is 13.0. The maximum Gasteiger partial charge on any atom is 0.159 e. The number of nitriles is 1. The van der Waals surface area contributed by atoms with Crippen molar-refractivity contribution in [2.45, 2.75) is 12.6 Å². The van der Waals surface area contributed by atoms with Gasteiger partial charge < -0.3 is 4.74 Å². The molecule has 1 saturated heterocycles. The standard InChI is InChI=1S/C12H12F2N2O/c13-11-2-1-9(5-12(11)14)7-16-3-4-17-10(6-15)8-16/h1-2,5,10H,3-4,7-8H2. The Morgan fingerprint density at radius 3 is 2.94 bits per heavy atom. The summed E-state index contributed by atoms with van der Waals surface area (Å²) in [6.07, 6.45) is -0.436. The Balaban J connectivity index is 2.00. The summed E-state index contributed by atoms with van der Waals surface area (Å²) in [5, 5.41) is 8.74. The summed E-state index contributed by atoms with van der Waals surface area (Å²) in [5.74, 6) is -1.68. The molecular formula is C12H12F2N2O. The van der Waals surface area contributed by atoms with Gasteiger partial charge in [0.2, 0.25) is 0 Å². The second-order valence-corrected chi connectivity index (χ2v) is 3.97. The SMILES string of the molecule is N#CC1CN(Cc2ccc(F)c(F)c2)CCO1. The van der Waals surface area contributed by atoms with E-state index in [0.29, 0.717) is 31.8 Å². The van der Waals surface area contributed by atoms with Crippen LogP contribution in [0.4, 0.5) is 8.78 Å². The Morgan fingerprint density at radius 1 is 1.41 bits per heavy atom. The summed E-state index contributed by atoms with van der Waals surface area (Å²) in [6, 6.07) is 5.90. The van der Waals surface area contributed by atoms with Crippen LogP contribution < -0.4 is 0 Å². The quantitative estimate of drug-likeness (QED) is 0.786. The minimum atomic E-state index is -0.842. The molecule has 0 N–H and O–H groups in total. The van der Waals surface area contributed by atoms with Gasteiger partial charge in [-0.15, -0.1) is 0 Å². The first-order valence-corrected chi connectivity index (χ1v) is 5.36. The average molecular weight is 238 g/mol. The molecule has 1 atom stereocenters. The van der Waals surface area contributed by atoms with Crippen LogP contribution in [0.5, 0.6) is 0 Å². The third kappa shape index (κ3) is 2.99. The van der Waals surface area contributed by atoms with E-state index in [-0.39, 0.29) is 0 Å². The molecule has 1 fully saturated rings. The molecule has 0 saturated carbocycles. The van der Waals surface area contributed by atoms with Crippen LogP contribution in [0.25, 0.3) is 0 Å². The number of hydrogen-bond acceptors (Lipinski definition) is 3. The van der Waals surface area contributed by atoms with E-state index in [1.165, 1.54) is 6.07 Å². The smallest absolute Gasteiger partial charge is 0.159 e. The predicted octanol–water partition coefficient (Wildman–Crippen LogP) is 1.69. The molecule has 17 heavy (non-hydrogen) atoms. The van der Waals surface area contributed by atoms with Crippen molar-refractivity contribution in [3.05, 3.63) is 35.4 Å². The molecule has 0 radical (unpaired) electrons. The molecule has 1 aromatic carbocycles. The summed E-state index contributed by atoms with van der Waals surface area (Å²) < 4.78 is 30.9. The first-order chi connectivity index (χ1) is 8.19. The molecule has 2 rings (SSSR count). The Kier molecular flexibility index (Phi) is 3.67. The van der Waals surface area contributed by atoms with Crippen molar-refractivity contribution in [3.8, 4) is 6.07 Å². The van der Waals surface area contributed by atoms with Crippen molar-refractivity contribution in [2.75, 3.05) is 19.7 Å². The summed E-state index contributed by atoms with van der Waals surface area (Å²) in [6.45, 7) is 2.17. The van der Waals surface area contributed by atoms with E-state index < -0.39 is 17.7 Å². The van der Waals surface area contributed by atoms with E-state index in [1.54, 1.807) is 6.07 Å². The highest BCUT2D eigenvalue weighted by molar-refractivity contribution is 5.17. The highest BCUT2D eigenvalue weighted by Gasteiger charge is 2.20. The molecule has 0 spiro atoms. The zero-order valence-electron chi connectivity index (χ0n) is 9.20. The van der Waals surface area contributed by atoms with Gasteiger partial charge in [-0.2, -0.15) is 5.26 Å². The normalized spacial score (nSPS) is 21.1. The molecule has 0 amide bonds. The number of halogens is 2. The van der Waals surface area contributed by atoms with Crippen LogP contribution in [0.2, 0.25) is 0 Å². The zero-order chi connectivity index (χ0) is 12.3. The van der Waals surface area contributed by atoms with Crippen molar-refractivity contribution < 1.29 is 13.5 Å². The van der Waals surface area contributed by atoms with Crippen LogP contribution >= 0.6 is 0 Å². The summed E-state index contributed by atoms with van der Waals surface area (Å²) in [7, 11) is 0. The fourth-order valence-electron chi connectivity index (χ4n) is 1.82. The van der Waals surface area contributed by atoms with E-state index in [1.807, 2.05) is 11.0 Å². The molecule has 1 heterocycles. The van der Waals surface area contributed by atoms with Gasteiger partial charge in [-0.3, -0.25) is 4.90 Å². The van der Waals surface area contributed by atoms with Crippen molar-refractivity contribution in [2.24, 2.45) is 0 Å². The first kappa shape index (κ1) is 12.0. The van der Waals surface area contributed by atoms with Gasteiger partial charge in [0, 0.05) is 19.6 Å². The van der Waals surface area contributed by atoms with Crippen molar-refractivity contribution >= 4 is 0 Å². The summed E-state index contributed by atoms with van der Waals surface area (Å²) in [4.78, 5) is 1.99. The fraction of sp³-hybridized carbons (Fsp3) is 0.417. The van der Waals surface area contributed by atoms with Gasteiger partial charge in [0.1, 0.15) is 0 Å². The summed E-state index contributed by atoms with van der Waals surface area (Å²) >= 11 is 0. The van der Waals surface area contributed by atoms with Gasteiger partial charge in [-0.1, -0.05) is 6.07 Å². The van der Waals surface area contributed by atoms with Crippen molar-refractivity contribution in [1.29, 1.82) is 5.26 Å². The van der Waals surface area contributed by atoms with Gasteiger partial charge in [-0.05, 0) is 17.7 Å². The molecular weight excluding hydrogens is 226 g/mol. The Bertz CT molecular complexity index is 445. The second kappa shape index (κ2) is 5.21. The number of rotatable bonds is 2. The van der Waals surface area contributed by atoms with Crippen LogP contribution in [0.3, 0.4) is 0 Å². The molecule has 0 bridgehead atoms. The van der Waals surface area contributed by atoms with Gasteiger partial charge >= 0.3 is 0 Å². The van der Waals surface area contributed by atoms with Crippen LogP contribution in [0.1, 0.15) is 5.56 Å². The van der Waals surface area contributed by atoms with Crippen LogP contribution in [-0.4, -0.2) is 30.7 Å². The predicted molar refractivity (Wildman–Crippen MR) is 57.0 cm³/mol. The molecule has 90 valence electrons. The Morgan fingerprint density at radius 2 is 2.24 bits per heavy atom. The largest absolute Gasteiger partial charge is 0.361 e. The van der Waals surface area contributed by atoms with Crippen LogP contribution in [0.15, 0.2) is 18.2 Å². The molecule has 1 aliphatic rings. The first-order valence-electron chi connectivity index (χ1n) is 5.36. The number of hydrogen-bond donors (Lipinski definition) is 0. The molecule has 5 heteroatoms. The Hall–Kier alpha value is -1.51. The molecule has 1 aliphatic heterocycles. The van der Waals surface area contributed by atoms with E-state index >= 15 is 0 Å². The van der Waals surface area contributed by atoms with E-state index in [4.69, 9.17) is 10.00 Å². The monoisotopic (exact) mass is 238 g/mol. The molecule has 1 unspecified atom stereocenters. The van der Waals surface area contributed by atoms with E-state index in [0.717, 1.165) is 6.07 Å². The molecule has 1 aromatic rings. The van der Waals surface area contributed by atoms with Gasteiger partial charge in [0.25, 0.3) is 0 Å². The fourth-order valence-corrected chi connectivity index (χ4v) is 1.82. The number of benzene rings is 1. The topological polar surface area (TPSA) is 36.3 Å².